The van der Waals surface area contributed by atoms with E-state index in [1.54, 1.807) is 18.3 Å². The number of hydrogen-bond acceptors (Lipinski definition) is 5. The van der Waals surface area contributed by atoms with Gasteiger partial charge in [0.25, 0.3) is 0 Å². The van der Waals surface area contributed by atoms with Crippen molar-refractivity contribution in [1.82, 2.24) is 4.98 Å². The molecule has 0 spiro atoms. The first kappa shape index (κ1) is 25.7. The zero-order valence-corrected chi connectivity index (χ0v) is 22.4. The highest BCUT2D eigenvalue weighted by Gasteiger charge is 2.34. The van der Waals surface area contributed by atoms with Gasteiger partial charge in [-0.2, -0.15) is 0 Å². The summed E-state index contributed by atoms with van der Waals surface area (Å²) < 4.78 is 12.3. The molecule has 1 atom stereocenters. The first-order chi connectivity index (χ1) is 19.0. The zero-order valence-electron chi connectivity index (χ0n) is 22.4. The lowest BCUT2D eigenvalue weighted by Crippen LogP contribution is -2.26. The van der Waals surface area contributed by atoms with E-state index < -0.39 is 0 Å². The molecule has 0 saturated carbocycles. The highest BCUT2D eigenvalue weighted by molar-refractivity contribution is 6.27. The average Bonchev–Trinajstić information content (AvgIpc) is 2.96. The number of allylic oxidation sites excluding steroid dienone is 8. The molecule has 5 rings (SSSR count). The molecule has 1 aromatic heterocycles. The number of rotatable bonds is 7. The lowest BCUT2D eigenvalue weighted by molar-refractivity contribution is 0.414. The van der Waals surface area contributed by atoms with Gasteiger partial charge in [-0.25, -0.2) is 4.98 Å². The molecule has 3 heterocycles. The summed E-state index contributed by atoms with van der Waals surface area (Å²) in [5.74, 6) is 3.22. The van der Waals surface area contributed by atoms with Gasteiger partial charge in [0, 0.05) is 28.5 Å². The molecule has 2 aliphatic heterocycles. The second-order valence-corrected chi connectivity index (χ2v) is 9.14. The van der Waals surface area contributed by atoms with Crippen LogP contribution in [0.1, 0.15) is 37.8 Å². The fourth-order valence-electron chi connectivity index (χ4n) is 5.20. The summed E-state index contributed by atoms with van der Waals surface area (Å²) in [4.78, 5) is 6.90. The van der Waals surface area contributed by atoms with Gasteiger partial charge in [0.2, 0.25) is 0 Å². The zero-order chi connectivity index (χ0) is 27.5. The van der Waals surface area contributed by atoms with Crippen molar-refractivity contribution >= 4 is 22.8 Å². The van der Waals surface area contributed by atoms with Gasteiger partial charge in [-0.05, 0) is 63.3 Å². The van der Waals surface area contributed by atoms with Gasteiger partial charge < -0.3 is 14.9 Å². The van der Waals surface area contributed by atoms with E-state index in [2.05, 4.69) is 18.1 Å². The van der Waals surface area contributed by atoms with Crippen molar-refractivity contribution in [1.29, 1.82) is 5.41 Å². The standard InChI is InChI=1S/C34H31N3O2/c1-6-15-29-24(8-3)32(26-16-10-12-19-30(26)39-29)33(35)23(7-2)25-17-14-21-36-34(25)37-27(9-4)22(5)38-31-20-13-11-18-28(31)37/h6-21,32,35H,3-4H2,1-2,5H3/b15-6-,23-7-,35-33?. The van der Waals surface area contributed by atoms with Crippen LogP contribution in [-0.2, 0) is 0 Å². The van der Waals surface area contributed by atoms with Crippen molar-refractivity contribution in [3.05, 3.63) is 144 Å². The van der Waals surface area contributed by atoms with Gasteiger partial charge in [-0.3, -0.25) is 4.90 Å². The molecule has 0 amide bonds. The maximum atomic E-state index is 9.62. The molecule has 3 aromatic rings. The summed E-state index contributed by atoms with van der Waals surface area (Å²) in [5, 5.41) is 9.62. The van der Waals surface area contributed by atoms with Crippen LogP contribution in [0.2, 0.25) is 0 Å². The van der Waals surface area contributed by atoms with Gasteiger partial charge >= 0.3 is 0 Å². The molecule has 5 heteroatoms. The molecule has 2 aromatic carbocycles. The van der Waals surface area contributed by atoms with Crippen molar-refractivity contribution in [3.63, 3.8) is 0 Å². The Morgan fingerprint density at radius 3 is 2.41 bits per heavy atom. The number of anilines is 2. The lowest BCUT2D eigenvalue weighted by atomic mass is 9.79. The summed E-state index contributed by atoms with van der Waals surface area (Å²) in [6.07, 6.45) is 11.2. The van der Waals surface area contributed by atoms with Crippen LogP contribution < -0.4 is 14.4 Å². The minimum Gasteiger partial charge on any atom is -0.458 e. The molecule has 0 aliphatic carbocycles. The molecule has 0 saturated heterocycles. The minimum absolute atomic E-state index is 0.369. The summed E-state index contributed by atoms with van der Waals surface area (Å²) in [7, 11) is 0. The van der Waals surface area contributed by atoms with Gasteiger partial charge in [0.05, 0.1) is 23.0 Å². The lowest BCUT2D eigenvalue weighted by Gasteiger charge is -2.34. The van der Waals surface area contributed by atoms with E-state index in [1.165, 1.54) is 0 Å². The summed E-state index contributed by atoms with van der Waals surface area (Å²) in [5.41, 5.74) is 5.46. The second kappa shape index (κ2) is 10.8. The monoisotopic (exact) mass is 513 g/mol. The molecule has 1 unspecified atom stereocenters. The quantitative estimate of drug-likeness (QED) is 0.321. The van der Waals surface area contributed by atoms with Crippen LogP contribution in [0, 0.1) is 5.41 Å². The molecule has 5 nitrogen and oxygen atoms in total. The molecular weight excluding hydrogens is 482 g/mol. The van der Waals surface area contributed by atoms with E-state index >= 15 is 0 Å². The Kier molecular flexibility index (Phi) is 7.15. The SMILES string of the molecule is C=CC1=C(/C=C\C)Oc2ccccc2C1C(=N)/C(=C\C)c1cccnc1N1C(C=C)=C(C)Oc2ccccc21. The van der Waals surface area contributed by atoms with Crippen LogP contribution in [-0.4, -0.2) is 10.7 Å². The predicted octanol–water partition coefficient (Wildman–Crippen LogP) is 8.65. The summed E-state index contributed by atoms with van der Waals surface area (Å²) >= 11 is 0. The molecule has 0 radical (unpaired) electrons. The van der Waals surface area contributed by atoms with Gasteiger partial charge in [-0.15, -0.1) is 0 Å². The fourth-order valence-corrected chi connectivity index (χ4v) is 5.20. The Balaban J connectivity index is 1.69. The van der Waals surface area contributed by atoms with Crippen molar-refractivity contribution in [2.45, 2.75) is 26.7 Å². The number of benzene rings is 2. The van der Waals surface area contributed by atoms with Crippen molar-refractivity contribution in [2.24, 2.45) is 0 Å². The summed E-state index contributed by atoms with van der Waals surface area (Å²) in [6.45, 7) is 14.0. The summed E-state index contributed by atoms with van der Waals surface area (Å²) in [6, 6.07) is 19.7. The molecule has 194 valence electrons. The molecular formula is C34H31N3O2. The third kappa shape index (κ3) is 4.42. The largest absolute Gasteiger partial charge is 0.458 e. The van der Waals surface area contributed by atoms with E-state index in [-0.39, 0.29) is 5.92 Å². The average molecular weight is 514 g/mol. The van der Waals surface area contributed by atoms with Crippen LogP contribution in [0.5, 0.6) is 11.5 Å². The topological polar surface area (TPSA) is 58.4 Å². The van der Waals surface area contributed by atoms with Crippen molar-refractivity contribution in [2.75, 3.05) is 4.90 Å². The molecule has 0 bridgehead atoms. The van der Waals surface area contributed by atoms with Crippen LogP contribution >= 0.6 is 0 Å². The predicted molar refractivity (Wildman–Crippen MR) is 160 cm³/mol. The van der Waals surface area contributed by atoms with Gasteiger partial charge in [-0.1, -0.05) is 61.7 Å². The highest BCUT2D eigenvalue weighted by atomic mass is 16.5. The van der Waals surface area contributed by atoms with Crippen LogP contribution in [0.4, 0.5) is 11.5 Å². The minimum atomic E-state index is -0.369. The maximum absolute atomic E-state index is 9.62. The van der Waals surface area contributed by atoms with E-state index in [1.807, 2.05) is 99.7 Å². The number of nitrogens with one attached hydrogen (secondary N) is 1. The van der Waals surface area contributed by atoms with Crippen molar-refractivity contribution < 1.29 is 9.47 Å². The third-order valence-corrected chi connectivity index (χ3v) is 6.90. The first-order valence-electron chi connectivity index (χ1n) is 12.9. The van der Waals surface area contributed by atoms with E-state index in [9.17, 15) is 5.41 Å². The normalized spacial score (nSPS) is 16.8. The molecule has 0 fully saturated rings. The molecule has 1 N–H and O–H groups in total. The number of fused-ring (bicyclic) bond motifs is 2. The van der Waals surface area contributed by atoms with E-state index in [0.717, 1.165) is 50.9 Å². The van der Waals surface area contributed by atoms with Gasteiger partial charge in [0.15, 0.2) is 5.75 Å². The number of aromatic nitrogens is 1. The van der Waals surface area contributed by atoms with Crippen LogP contribution in [0.15, 0.2) is 133 Å². The van der Waals surface area contributed by atoms with Crippen LogP contribution in [0.25, 0.3) is 5.57 Å². The third-order valence-electron chi connectivity index (χ3n) is 6.90. The van der Waals surface area contributed by atoms with Gasteiger partial charge in [0.1, 0.15) is 23.1 Å². The van der Waals surface area contributed by atoms with Crippen molar-refractivity contribution in [3.8, 4) is 11.5 Å². The number of pyridine rings is 1. The maximum Gasteiger partial charge on any atom is 0.151 e. The Hall–Kier alpha value is -4.90. The molecule has 2 aliphatic rings. The fraction of sp³-hybridized carbons (Fsp3) is 0.118. The Morgan fingerprint density at radius 1 is 0.949 bits per heavy atom. The van der Waals surface area contributed by atoms with Crippen LogP contribution in [0.3, 0.4) is 0 Å². The van der Waals surface area contributed by atoms with E-state index in [0.29, 0.717) is 17.3 Å². The first-order valence-corrected chi connectivity index (χ1v) is 12.9. The Morgan fingerprint density at radius 2 is 1.69 bits per heavy atom. The second-order valence-electron chi connectivity index (χ2n) is 9.14. The van der Waals surface area contributed by atoms with E-state index in [4.69, 9.17) is 14.5 Å². The highest BCUT2D eigenvalue weighted by Crippen LogP contribution is 2.46. The number of ether oxygens (including phenoxy) is 2. The Labute approximate surface area is 229 Å². The number of hydrogen-bond donors (Lipinski definition) is 1. The number of para-hydroxylation sites is 3. The Bertz CT molecular complexity index is 1610. The molecule has 39 heavy (non-hydrogen) atoms. The number of nitrogens with zero attached hydrogens (tertiary/aromatic N) is 2. The smallest absolute Gasteiger partial charge is 0.151 e.